The number of aromatic nitrogens is 3. The van der Waals surface area contributed by atoms with E-state index >= 15 is 0 Å². The van der Waals surface area contributed by atoms with Gasteiger partial charge in [0, 0.05) is 13.1 Å². The van der Waals surface area contributed by atoms with Gasteiger partial charge in [-0.15, -0.1) is 0 Å². The second kappa shape index (κ2) is 5.46. The van der Waals surface area contributed by atoms with Gasteiger partial charge in [-0.05, 0) is 26.2 Å². The number of pyridine rings is 1. The van der Waals surface area contributed by atoms with Crippen LogP contribution in [0.5, 0.6) is 0 Å². The molecule has 7 heteroatoms. The highest BCUT2D eigenvalue weighted by atomic mass is 16.5. The van der Waals surface area contributed by atoms with Gasteiger partial charge in [0.1, 0.15) is 5.69 Å². The molecule has 2 N–H and O–H groups in total. The molecule has 2 rings (SSSR count). The van der Waals surface area contributed by atoms with Crippen LogP contribution in [0.4, 0.5) is 5.69 Å². The molecule has 7 nitrogen and oxygen atoms in total. The van der Waals surface area contributed by atoms with Gasteiger partial charge < -0.3 is 10.2 Å². The number of aromatic amines is 1. The number of likely N-dealkylation sites (N-methyl/N-ethyl adjacent to an activating group) is 1. The lowest BCUT2D eigenvalue weighted by atomic mass is 10.3. The Balaban J connectivity index is 1.99. The summed E-state index contributed by atoms with van der Waals surface area (Å²) in [7, 11) is 4.04. The van der Waals surface area contributed by atoms with Gasteiger partial charge in [-0.1, -0.05) is 5.16 Å². The summed E-state index contributed by atoms with van der Waals surface area (Å²) in [6, 6.07) is 3.65. The lowest BCUT2D eigenvalue weighted by Crippen LogP contribution is -2.20. The lowest BCUT2D eigenvalue weighted by molar-refractivity contribution is 0.387. The maximum atomic E-state index is 10.8. The van der Waals surface area contributed by atoms with E-state index in [1.54, 1.807) is 12.3 Å². The molecule has 2 aromatic rings. The fourth-order valence-electron chi connectivity index (χ4n) is 1.40. The van der Waals surface area contributed by atoms with E-state index in [1.165, 1.54) is 0 Å². The smallest absolute Gasteiger partial charge is 0.383 e. The monoisotopic (exact) mass is 249 g/mol. The fraction of sp³-hybridized carbons (Fsp3) is 0.364. The fourth-order valence-corrected chi connectivity index (χ4v) is 1.40. The van der Waals surface area contributed by atoms with Gasteiger partial charge in [0.05, 0.1) is 11.9 Å². The molecular weight excluding hydrogens is 234 g/mol. The van der Waals surface area contributed by atoms with Crippen molar-refractivity contribution in [1.82, 2.24) is 20.0 Å². The Morgan fingerprint density at radius 1 is 1.44 bits per heavy atom. The summed E-state index contributed by atoms with van der Waals surface area (Å²) >= 11 is 0. The molecule has 18 heavy (non-hydrogen) atoms. The molecule has 2 heterocycles. The molecular formula is C11H15N5O2. The van der Waals surface area contributed by atoms with Crippen molar-refractivity contribution in [2.45, 2.75) is 0 Å². The van der Waals surface area contributed by atoms with Crippen LogP contribution >= 0.6 is 0 Å². The largest absolute Gasteiger partial charge is 0.439 e. The molecule has 0 saturated heterocycles. The number of H-pyrrole nitrogens is 1. The number of rotatable bonds is 5. The van der Waals surface area contributed by atoms with E-state index in [9.17, 15) is 4.79 Å². The van der Waals surface area contributed by atoms with E-state index in [1.807, 2.05) is 20.2 Å². The molecule has 0 radical (unpaired) electrons. The van der Waals surface area contributed by atoms with Gasteiger partial charge in [0.25, 0.3) is 0 Å². The highest BCUT2D eigenvalue weighted by Gasteiger charge is 2.05. The number of hydrogen-bond acceptors (Lipinski definition) is 6. The summed E-state index contributed by atoms with van der Waals surface area (Å²) in [6.07, 6.45) is 1.69. The minimum Gasteiger partial charge on any atom is -0.383 e. The van der Waals surface area contributed by atoms with Crippen molar-refractivity contribution < 1.29 is 4.52 Å². The lowest BCUT2D eigenvalue weighted by Gasteiger charge is -2.11. The zero-order valence-corrected chi connectivity index (χ0v) is 10.3. The first kappa shape index (κ1) is 12.3. The van der Waals surface area contributed by atoms with Crippen molar-refractivity contribution in [3.63, 3.8) is 0 Å². The molecule has 0 aliphatic carbocycles. The highest BCUT2D eigenvalue weighted by molar-refractivity contribution is 5.52. The van der Waals surface area contributed by atoms with Crippen LogP contribution in [0.1, 0.15) is 0 Å². The third-order valence-corrected chi connectivity index (χ3v) is 2.33. The molecule has 0 bridgehead atoms. The Hall–Kier alpha value is -2.15. The van der Waals surface area contributed by atoms with Crippen LogP contribution in [0.15, 0.2) is 27.6 Å². The zero-order valence-electron chi connectivity index (χ0n) is 10.3. The summed E-state index contributed by atoms with van der Waals surface area (Å²) in [6.45, 7) is 1.78. The first-order chi connectivity index (χ1) is 8.65. The van der Waals surface area contributed by atoms with Gasteiger partial charge >= 0.3 is 5.76 Å². The predicted molar refractivity (Wildman–Crippen MR) is 67.4 cm³/mol. The van der Waals surface area contributed by atoms with E-state index in [0.29, 0.717) is 11.5 Å². The molecule has 0 aromatic carbocycles. The summed E-state index contributed by atoms with van der Waals surface area (Å²) in [5.41, 5.74) is 1.49. The second-order valence-corrected chi connectivity index (χ2v) is 4.11. The van der Waals surface area contributed by atoms with Crippen LogP contribution in [-0.4, -0.2) is 47.2 Å². The molecule has 0 spiro atoms. The molecule has 0 aliphatic rings. The van der Waals surface area contributed by atoms with Crippen LogP contribution in [0.3, 0.4) is 0 Å². The Morgan fingerprint density at radius 3 is 2.83 bits per heavy atom. The van der Waals surface area contributed by atoms with Crippen LogP contribution in [0.25, 0.3) is 11.5 Å². The SMILES string of the molecule is CN(C)CCNc1ccc(-c2noc(=O)[nH]2)nc1. The number of anilines is 1. The maximum Gasteiger partial charge on any atom is 0.439 e. The molecule has 0 amide bonds. The second-order valence-electron chi connectivity index (χ2n) is 4.11. The third-order valence-electron chi connectivity index (χ3n) is 2.33. The minimum absolute atomic E-state index is 0.333. The van der Waals surface area contributed by atoms with Crippen LogP contribution in [0, 0.1) is 0 Å². The standard InChI is InChI=1S/C11H15N5O2/c1-16(2)6-5-12-8-3-4-9(13-7-8)10-14-11(17)18-15-10/h3-4,7,12H,5-6H2,1-2H3,(H,14,15,17). The minimum atomic E-state index is -0.583. The molecule has 0 fully saturated rings. The first-order valence-corrected chi connectivity index (χ1v) is 5.56. The molecule has 0 unspecified atom stereocenters. The van der Waals surface area contributed by atoms with Crippen molar-refractivity contribution in [3.8, 4) is 11.5 Å². The van der Waals surface area contributed by atoms with E-state index in [4.69, 9.17) is 0 Å². The van der Waals surface area contributed by atoms with Crippen molar-refractivity contribution in [2.24, 2.45) is 0 Å². The van der Waals surface area contributed by atoms with Crippen LogP contribution in [-0.2, 0) is 0 Å². The van der Waals surface area contributed by atoms with Crippen LogP contribution in [0.2, 0.25) is 0 Å². The summed E-state index contributed by atoms with van der Waals surface area (Å²) in [5.74, 6) is -0.250. The number of hydrogen-bond donors (Lipinski definition) is 2. The average molecular weight is 249 g/mol. The van der Waals surface area contributed by atoms with Gasteiger partial charge in [0.2, 0.25) is 5.82 Å². The Bertz CT molecular complexity index is 543. The Morgan fingerprint density at radius 2 is 2.28 bits per heavy atom. The first-order valence-electron chi connectivity index (χ1n) is 5.56. The highest BCUT2D eigenvalue weighted by Crippen LogP contribution is 2.12. The third kappa shape index (κ3) is 3.17. The summed E-state index contributed by atoms with van der Waals surface area (Å²) < 4.78 is 4.42. The number of nitrogens with one attached hydrogen (secondary N) is 2. The van der Waals surface area contributed by atoms with Crippen LogP contribution < -0.4 is 11.1 Å². The molecule has 0 atom stereocenters. The molecule has 2 aromatic heterocycles. The molecule has 0 aliphatic heterocycles. The average Bonchev–Trinajstić information content (AvgIpc) is 2.76. The van der Waals surface area contributed by atoms with Gasteiger partial charge in [-0.25, -0.2) is 4.79 Å². The van der Waals surface area contributed by atoms with E-state index < -0.39 is 5.76 Å². The predicted octanol–water partition coefficient (Wildman–Crippen LogP) is 0.398. The van der Waals surface area contributed by atoms with E-state index in [-0.39, 0.29) is 0 Å². The molecule has 0 saturated carbocycles. The summed E-state index contributed by atoms with van der Waals surface area (Å²) in [5, 5.41) is 6.81. The van der Waals surface area contributed by atoms with Crippen molar-refractivity contribution in [3.05, 3.63) is 28.9 Å². The van der Waals surface area contributed by atoms with Gasteiger partial charge in [-0.2, -0.15) is 0 Å². The Labute approximate surface area is 104 Å². The van der Waals surface area contributed by atoms with Crippen molar-refractivity contribution in [1.29, 1.82) is 0 Å². The quantitative estimate of drug-likeness (QED) is 0.797. The Kier molecular flexibility index (Phi) is 3.73. The maximum absolute atomic E-state index is 10.8. The van der Waals surface area contributed by atoms with Crippen molar-refractivity contribution >= 4 is 5.69 Å². The summed E-state index contributed by atoms with van der Waals surface area (Å²) in [4.78, 5) is 19.5. The molecule has 96 valence electrons. The van der Waals surface area contributed by atoms with E-state index in [0.717, 1.165) is 18.8 Å². The number of nitrogens with zero attached hydrogens (tertiary/aromatic N) is 3. The van der Waals surface area contributed by atoms with Gasteiger partial charge in [-0.3, -0.25) is 14.5 Å². The van der Waals surface area contributed by atoms with Crippen molar-refractivity contribution in [2.75, 3.05) is 32.5 Å². The zero-order chi connectivity index (χ0) is 13.0. The normalized spacial score (nSPS) is 10.8. The van der Waals surface area contributed by atoms with E-state index in [2.05, 4.69) is 29.9 Å². The topological polar surface area (TPSA) is 87.0 Å². The van der Waals surface area contributed by atoms with Gasteiger partial charge in [0.15, 0.2) is 0 Å².